The Balaban J connectivity index is 1.35. The van der Waals surface area contributed by atoms with E-state index in [2.05, 4.69) is 35.9 Å². The lowest BCUT2D eigenvalue weighted by molar-refractivity contribution is 0.0924. The Bertz CT molecular complexity index is 1380. The van der Waals surface area contributed by atoms with Gasteiger partial charge in [-0.1, -0.05) is 56.3 Å². The molecule has 3 heterocycles. The number of fused-ring (bicyclic) bond motifs is 2. The Kier molecular flexibility index (Phi) is 8.21. The van der Waals surface area contributed by atoms with Crippen molar-refractivity contribution in [1.82, 2.24) is 20.5 Å². The first-order chi connectivity index (χ1) is 18.5. The van der Waals surface area contributed by atoms with Crippen molar-refractivity contribution in [3.8, 4) is 10.6 Å². The summed E-state index contributed by atoms with van der Waals surface area (Å²) < 4.78 is 6.67. The Morgan fingerprint density at radius 3 is 2.63 bits per heavy atom. The van der Waals surface area contributed by atoms with Crippen molar-refractivity contribution in [3.05, 3.63) is 70.6 Å². The largest absolute Gasteiger partial charge is 0.445 e. The normalized spacial score (nSPS) is 13.0. The number of nitrogens with zero attached hydrogens (tertiary/aromatic N) is 2. The van der Waals surface area contributed by atoms with Crippen LogP contribution >= 0.6 is 22.7 Å². The number of thiazole rings is 1. The van der Waals surface area contributed by atoms with Crippen molar-refractivity contribution < 1.29 is 14.3 Å². The van der Waals surface area contributed by atoms with Crippen LogP contribution < -0.4 is 16.0 Å². The maximum atomic E-state index is 12.8. The molecule has 5 rings (SSSR count). The van der Waals surface area contributed by atoms with E-state index in [0.717, 1.165) is 41.8 Å². The van der Waals surface area contributed by atoms with E-state index in [0.29, 0.717) is 38.6 Å². The minimum atomic E-state index is -0.334. The highest BCUT2D eigenvalue weighted by molar-refractivity contribution is 7.22. The van der Waals surface area contributed by atoms with Crippen LogP contribution in [-0.2, 0) is 24.3 Å². The van der Waals surface area contributed by atoms with Gasteiger partial charge >= 0.3 is 12.1 Å². The maximum absolute atomic E-state index is 12.8. The Hall–Kier alpha value is -3.47. The number of anilines is 1. The topological polar surface area (TPSA) is 95.6 Å². The molecule has 0 bridgehead atoms. The van der Waals surface area contributed by atoms with Crippen molar-refractivity contribution in [3.63, 3.8) is 0 Å². The molecule has 10 heteroatoms. The first-order valence-corrected chi connectivity index (χ1v) is 14.4. The molecule has 4 aromatic rings. The predicted octanol–water partition coefficient (Wildman–Crippen LogP) is 5.84. The van der Waals surface area contributed by atoms with Gasteiger partial charge in [-0.2, -0.15) is 0 Å². The molecule has 1 aliphatic rings. The Labute approximate surface area is 230 Å². The van der Waals surface area contributed by atoms with Crippen molar-refractivity contribution in [1.29, 1.82) is 0 Å². The highest BCUT2D eigenvalue weighted by Gasteiger charge is 2.30. The molecule has 2 aromatic heterocycles. The molecule has 1 aliphatic heterocycles. The second kappa shape index (κ2) is 11.9. The van der Waals surface area contributed by atoms with Gasteiger partial charge in [-0.15, -0.1) is 22.7 Å². The molecule has 0 atom stereocenters. The number of carbonyl (C=O) groups excluding carboxylic acids is 2. The maximum Gasteiger partial charge on any atom is 0.410 e. The number of hydrogen-bond donors (Lipinski definition) is 3. The lowest BCUT2D eigenvalue weighted by Crippen LogP contribution is -2.36. The molecular formula is C28H31N5O3S2. The fourth-order valence-electron chi connectivity index (χ4n) is 4.35. The molecule has 0 spiro atoms. The van der Waals surface area contributed by atoms with Crippen molar-refractivity contribution >= 4 is 50.0 Å². The number of thiophene rings is 1. The van der Waals surface area contributed by atoms with Crippen LogP contribution in [0.15, 0.2) is 54.6 Å². The monoisotopic (exact) mass is 549 g/mol. The summed E-state index contributed by atoms with van der Waals surface area (Å²) in [4.78, 5) is 33.3. The average Bonchev–Trinajstić information content (AvgIpc) is 3.50. The van der Waals surface area contributed by atoms with E-state index in [1.807, 2.05) is 48.5 Å². The fraction of sp³-hybridized carbons (Fsp3) is 0.321. The number of rotatable bonds is 8. The molecule has 2 aromatic carbocycles. The molecule has 0 fully saturated rings. The predicted molar refractivity (Wildman–Crippen MR) is 154 cm³/mol. The molecule has 0 saturated carbocycles. The van der Waals surface area contributed by atoms with Crippen LogP contribution in [0.3, 0.4) is 0 Å². The number of amides is 3. The number of urea groups is 1. The van der Waals surface area contributed by atoms with E-state index in [1.165, 1.54) is 11.3 Å². The molecule has 0 radical (unpaired) electrons. The molecule has 38 heavy (non-hydrogen) atoms. The number of ether oxygens (including phenoxy) is 1. The van der Waals surface area contributed by atoms with Crippen molar-refractivity contribution in [2.24, 2.45) is 0 Å². The number of para-hydroxylation sites is 1. The fourth-order valence-corrected chi connectivity index (χ4v) is 6.72. The number of aromatic nitrogens is 1. The van der Waals surface area contributed by atoms with Crippen LogP contribution in [0.1, 0.15) is 29.9 Å². The number of nitrogens with one attached hydrogen (secondary N) is 3. The first-order valence-electron chi connectivity index (χ1n) is 12.7. The SMILES string of the molecule is CC(C)NCCNC(=O)Nc1sc2c(c1-c1nc3ccccc3s1)CCN(C(=O)OCc1ccccc1)C2. The van der Waals surface area contributed by atoms with Gasteiger partial charge < -0.3 is 20.3 Å². The summed E-state index contributed by atoms with van der Waals surface area (Å²) in [5, 5.41) is 10.9. The molecule has 198 valence electrons. The van der Waals surface area contributed by atoms with Gasteiger partial charge in [0.1, 0.15) is 16.6 Å². The van der Waals surface area contributed by atoms with Crippen LogP contribution in [0.4, 0.5) is 14.6 Å². The Morgan fingerprint density at radius 2 is 1.84 bits per heavy atom. The summed E-state index contributed by atoms with van der Waals surface area (Å²) in [5.41, 5.74) is 3.98. The lowest BCUT2D eigenvalue weighted by Gasteiger charge is -2.26. The first kappa shape index (κ1) is 26.1. The van der Waals surface area contributed by atoms with Crippen molar-refractivity contribution in [2.45, 2.75) is 39.5 Å². The second-order valence-corrected chi connectivity index (χ2v) is 11.5. The van der Waals surface area contributed by atoms with E-state index in [9.17, 15) is 9.59 Å². The van der Waals surface area contributed by atoms with E-state index in [4.69, 9.17) is 9.72 Å². The third-order valence-electron chi connectivity index (χ3n) is 6.22. The quantitative estimate of drug-likeness (QED) is 0.240. The van der Waals surface area contributed by atoms with Gasteiger partial charge in [0.15, 0.2) is 0 Å². The average molecular weight is 550 g/mol. The zero-order valence-corrected chi connectivity index (χ0v) is 23.1. The van der Waals surface area contributed by atoms with Gasteiger partial charge in [-0.05, 0) is 29.7 Å². The summed E-state index contributed by atoms with van der Waals surface area (Å²) in [7, 11) is 0. The van der Waals surface area contributed by atoms with Crippen molar-refractivity contribution in [2.75, 3.05) is 25.0 Å². The van der Waals surface area contributed by atoms with Crippen LogP contribution in [0.25, 0.3) is 20.8 Å². The summed E-state index contributed by atoms with van der Waals surface area (Å²) >= 11 is 3.12. The second-order valence-electron chi connectivity index (χ2n) is 9.40. The van der Waals surface area contributed by atoms with E-state index in [1.54, 1.807) is 16.2 Å². The van der Waals surface area contributed by atoms with E-state index >= 15 is 0 Å². The molecule has 8 nitrogen and oxygen atoms in total. The van der Waals surface area contributed by atoms with Gasteiger partial charge in [-0.25, -0.2) is 14.6 Å². The third kappa shape index (κ3) is 6.15. The van der Waals surface area contributed by atoms with Crippen LogP contribution in [0, 0.1) is 0 Å². The molecule has 0 aliphatic carbocycles. The van der Waals surface area contributed by atoms with Gasteiger partial charge in [-0.3, -0.25) is 5.32 Å². The Morgan fingerprint density at radius 1 is 1.05 bits per heavy atom. The van der Waals surface area contributed by atoms with Crippen LogP contribution in [-0.4, -0.2) is 47.7 Å². The van der Waals surface area contributed by atoms with Gasteiger partial charge in [0.25, 0.3) is 0 Å². The molecule has 0 saturated heterocycles. The van der Waals surface area contributed by atoms with Gasteiger partial charge in [0.2, 0.25) is 0 Å². The molecular weight excluding hydrogens is 518 g/mol. The highest BCUT2D eigenvalue weighted by atomic mass is 32.1. The summed E-state index contributed by atoms with van der Waals surface area (Å²) in [6.07, 6.45) is 0.332. The summed E-state index contributed by atoms with van der Waals surface area (Å²) in [6.45, 7) is 6.57. The van der Waals surface area contributed by atoms with Crippen LogP contribution in [0.5, 0.6) is 0 Å². The van der Waals surface area contributed by atoms with E-state index < -0.39 is 0 Å². The summed E-state index contributed by atoms with van der Waals surface area (Å²) in [5.74, 6) is 0. The van der Waals surface area contributed by atoms with Crippen LogP contribution in [0.2, 0.25) is 0 Å². The number of benzene rings is 2. The van der Waals surface area contributed by atoms with Gasteiger partial charge in [0, 0.05) is 36.1 Å². The molecule has 3 amide bonds. The molecule has 3 N–H and O–H groups in total. The smallest absolute Gasteiger partial charge is 0.410 e. The summed E-state index contributed by atoms with van der Waals surface area (Å²) in [6, 6.07) is 17.8. The zero-order chi connectivity index (χ0) is 26.5. The standard InChI is InChI=1S/C28H31N5O3S2/c1-18(2)29-13-14-30-27(34)32-26-24(25-31-21-10-6-7-11-22(21)37-25)20-12-15-33(16-23(20)38-26)28(35)36-17-19-8-4-3-5-9-19/h3-11,18,29H,12-17H2,1-2H3,(H2,30,32,34). The zero-order valence-electron chi connectivity index (χ0n) is 21.5. The molecule has 0 unspecified atom stereocenters. The number of carbonyl (C=O) groups is 2. The minimum absolute atomic E-state index is 0.239. The highest BCUT2D eigenvalue weighted by Crippen LogP contribution is 2.45. The number of hydrogen-bond acceptors (Lipinski definition) is 7. The van der Waals surface area contributed by atoms with E-state index in [-0.39, 0.29) is 18.7 Å². The van der Waals surface area contributed by atoms with Gasteiger partial charge in [0.05, 0.1) is 16.8 Å². The third-order valence-corrected chi connectivity index (χ3v) is 8.40. The minimum Gasteiger partial charge on any atom is -0.445 e. The lowest BCUT2D eigenvalue weighted by atomic mass is 10.0.